The Kier molecular flexibility index (Phi) is 4.03. The van der Waals surface area contributed by atoms with Crippen molar-refractivity contribution in [2.75, 3.05) is 13.7 Å². The fourth-order valence-corrected chi connectivity index (χ4v) is 3.11. The highest BCUT2D eigenvalue weighted by molar-refractivity contribution is 5.33. The monoisotopic (exact) mass is 267 g/mol. The number of ether oxygens (including phenoxy) is 1. The highest BCUT2D eigenvalue weighted by Gasteiger charge is 2.27. The first-order valence-electron chi connectivity index (χ1n) is 7.31. The molecular weight excluding hydrogens is 246 g/mol. The Morgan fingerprint density at radius 1 is 0.950 bits per heavy atom. The summed E-state index contributed by atoms with van der Waals surface area (Å²) in [6.45, 7) is 1.10. The molecule has 20 heavy (non-hydrogen) atoms. The third-order valence-corrected chi connectivity index (χ3v) is 4.16. The van der Waals surface area contributed by atoms with Crippen molar-refractivity contribution in [3.8, 4) is 5.75 Å². The van der Waals surface area contributed by atoms with Gasteiger partial charge in [0, 0.05) is 12.0 Å². The summed E-state index contributed by atoms with van der Waals surface area (Å²) in [5.41, 5.74) is 2.78. The molecule has 3 rings (SSSR count). The van der Waals surface area contributed by atoms with E-state index in [9.17, 15) is 0 Å². The van der Waals surface area contributed by atoms with Crippen molar-refractivity contribution in [3.63, 3.8) is 0 Å². The van der Waals surface area contributed by atoms with E-state index in [1.807, 2.05) is 12.1 Å². The molecule has 1 saturated heterocycles. The van der Waals surface area contributed by atoms with Gasteiger partial charge in [-0.15, -0.1) is 0 Å². The van der Waals surface area contributed by atoms with Crippen LogP contribution in [0.4, 0.5) is 0 Å². The van der Waals surface area contributed by atoms with E-state index >= 15 is 0 Å². The van der Waals surface area contributed by atoms with Gasteiger partial charge >= 0.3 is 0 Å². The third-order valence-electron chi connectivity index (χ3n) is 4.16. The van der Waals surface area contributed by atoms with E-state index in [1.54, 1.807) is 7.11 Å². The lowest BCUT2D eigenvalue weighted by atomic mass is 9.81. The van der Waals surface area contributed by atoms with Gasteiger partial charge in [-0.2, -0.15) is 0 Å². The second kappa shape index (κ2) is 6.10. The standard InChI is InChI=1S/C18H21NO/c1-20-16-11-9-15(10-12-16)18-17(8-5-13-19-18)14-6-3-2-4-7-14/h2-4,6-7,9-12,17-19H,5,8,13H2,1H3/t17-,18-/m0/s1. The molecule has 0 bridgehead atoms. The van der Waals surface area contributed by atoms with Crippen LogP contribution in [0.15, 0.2) is 54.6 Å². The average molecular weight is 267 g/mol. The van der Waals surface area contributed by atoms with Crippen LogP contribution in [0.25, 0.3) is 0 Å². The van der Waals surface area contributed by atoms with E-state index in [4.69, 9.17) is 4.74 Å². The van der Waals surface area contributed by atoms with E-state index in [1.165, 1.54) is 24.0 Å². The van der Waals surface area contributed by atoms with Crippen LogP contribution in [0, 0.1) is 0 Å². The molecule has 104 valence electrons. The molecule has 0 spiro atoms. The minimum absolute atomic E-state index is 0.400. The summed E-state index contributed by atoms with van der Waals surface area (Å²) < 4.78 is 5.25. The van der Waals surface area contributed by atoms with Crippen molar-refractivity contribution in [1.29, 1.82) is 0 Å². The van der Waals surface area contributed by atoms with Gasteiger partial charge in [0.2, 0.25) is 0 Å². The molecule has 2 heteroatoms. The number of methoxy groups -OCH3 is 1. The van der Waals surface area contributed by atoms with Crippen LogP contribution < -0.4 is 10.1 Å². The Morgan fingerprint density at radius 3 is 2.40 bits per heavy atom. The van der Waals surface area contributed by atoms with Crippen LogP contribution in [0.1, 0.15) is 35.9 Å². The Bertz CT molecular complexity index is 535. The van der Waals surface area contributed by atoms with E-state index in [-0.39, 0.29) is 0 Å². The molecule has 2 aromatic carbocycles. The number of piperidine rings is 1. The second-order valence-electron chi connectivity index (χ2n) is 5.36. The maximum Gasteiger partial charge on any atom is 0.118 e. The lowest BCUT2D eigenvalue weighted by Crippen LogP contribution is -2.32. The van der Waals surface area contributed by atoms with Crippen molar-refractivity contribution in [1.82, 2.24) is 5.32 Å². The molecule has 0 aromatic heterocycles. The second-order valence-corrected chi connectivity index (χ2v) is 5.36. The highest BCUT2D eigenvalue weighted by atomic mass is 16.5. The molecule has 1 aliphatic rings. The molecule has 1 heterocycles. The summed E-state index contributed by atoms with van der Waals surface area (Å²) in [7, 11) is 1.71. The maximum atomic E-state index is 5.25. The van der Waals surface area contributed by atoms with Crippen molar-refractivity contribution in [2.45, 2.75) is 24.8 Å². The number of benzene rings is 2. The highest BCUT2D eigenvalue weighted by Crippen LogP contribution is 2.37. The summed E-state index contributed by atoms with van der Waals surface area (Å²) in [6, 6.07) is 19.7. The molecule has 2 atom stereocenters. The van der Waals surface area contributed by atoms with Gasteiger partial charge in [-0.1, -0.05) is 42.5 Å². The van der Waals surface area contributed by atoms with Crippen molar-refractivity contribution >= 4 is 0 Å². The lowest BCUT2D eigenvalue weighted by Gasteiger charge is -2.33. The van der Waals surface area contributed by atoms with Gasteiger partial charge in [0.25, 0.3) is 0 Å². The molecule has 1 aliphatic heterocycles. The van der Waals surface area contributed by atoms with Gasteiger partial charge in [-0.25, -0.2) is 0 Å². The molecule has 0 amide bonds. The topological polar surface area (TPSA) is 21.3 Å². The zero-order chi connectivity index (χ0) is 13.8. The molecule has 1 fully saturated rings. The molecular formula is C18H21NO. The van der Waals surface area contributed by atoms with Crippen LogP contribution in [0.2, 0.25) is 0 Å². The molecule has 0 saturated carbocycles. The largest absolute Gasteiger partial charge is 0.497 e. The molecule has 0 radical (unpaired) electrons. The molecule has 2 aromatic rings. The van der Waals surface area contributed by atoms with Gasteiger partial charge in [0.15, 0.2) is 0 Å². The quantitative estimate of drug-likeness (QED) is 0.910. The number of hydrogen-bond donors (Lipinski definition) is 1. The predicted molar refractivity (Wildman–Crippen MR) is 82.2 cm³/mol. The number of hydrogen-bond acceptors (Lipinski definition) is 2. The summed E-state index contributed by atoms with van der Waals surface area (Å²) in [4.78, 5) is 0. The first kappa shape index (κ1) is 13.2. The molecule has 0 aliphatic carbocycles. The van der Waals surface area contributed by atoms with Gasteiger partial charge in [-0.05, 0) is 42.6 Å². The van der Waals surface area contributed by atoms with E-state index in [2.05, 4.69) is 47.8 Å². The summed E-state index contributed by atoms with van der Waals surface area (Å²) in [6.07, 6.45) is 2.49. The van der Waals surface area contributed by atoms with Gasteiger partial charge in [0.1, 0.15) is 5.75 Å². The number of rotatable bonds is 3. The minimum atomic E-state index is 0.400. The third kappa shape index (κ3) is 2.70. The first-order chi connectivity index (χ1) is 9.88. The maximum absolute atomic E-state index is 5.25. The normalized spacial score (nSPS) is 22.4. The van der Waals surface area contributed by atoms with Gasteiger partial charge in [-0.3, -0.25) is 0 Å². The smallest absolute Gasteiger partial charge is 0.118 e. The van der Waals surface area contributed by atoms with E-state index < -0.39 is 0 Å². The van der Waals surface area contributed by atoms with E-state index in [0.717, 1.165) is 12.3 Å². The van der Waals surface area contributed by atoms with Crippen LogP contribution in [0.3, 0.4) is 0 Å². The fraction of sp³-hybridized carbons (Fsp3) is 0.333. The van der Waals surface area contributed by atoms with Crippen molar-refractivity contribution < 1.29 is 4.74 Å². The van der Waals surface area contributed by atoms with Crippen molar-refractivity contribution in [2.24, 2.45) is 0 Å². The first-order valence-corrected chi connectivity index (χ1v) is 7.31. The Hall–Kier alpha value is -1.80. The summed E-state index contributed by atoms with van der Waals surface area (Å²) >= 11 is 0. The van der Waals surface area contributed by atoms with Crippen molar-refractivity contribution in [3.05, 3.63) is 65.7 Å². The predicted octanol–water partition coefficient (Wildman–Crippen LogP) is 3.90. The number of nitrogens with one attached hydrogen (secondary N) is 1. The van der Waals surface area contributed by atoms with Crippen LogP contribution >= 0.6 is 0 Å². The zero-order valence-electron chi connectivity index (χ0n) is 11.9. The average Bonchev–Trinajstić information content (AvgIpc) is 2.56. The molecule has 2 nitrogen and oxygen atoms in total. The Labute approximate surface area is 120 Å². The van der Waals surface area contributed by atoms with E-state index in [0.29, 0.717) is 12.0 Å². The zero-order valence-corrected chi connectivity index (χ0v) is 11.9. The fourth-order valence-electron chi connectivity index (χ4n) is 3.11. The van der Waals surface area contributed by atoms with Gasteiger partial charge < -0.3 is 10.1 Å². The summed E-state index contributed by atoms with van der Waals surface area (Å²) in [5, 5.41) is 3.68. The Morgan fingerprint density at radius 2 is 1.70 bits per heavy atom. The van der Waals surface area contributed by atoms with Crippen LogP contribution in [-0.4, -0.2) is 13.7 Å². The van der Waals surface area contributed by atoms with Gasteiger partial charge in [0.05, 0.1) is 7.11 Å². The molecule has 0 unspecified atom stereocenters. The van der Waals surface area contributed by atoms with Crippen LogP contribution in [-0.2, 0) is 0 Å². The Balaban J connectivity index is 1.88. The van der Waals surface area contributed by atoms with Crippen LogP contribution in [0.5, 0.6) is 5.75 Å². The molecule has 1 N–H and O–H groups in total. The minimum Gasteiger partial charge on any atom is -0.497 e. The lowest BCUT2D eigenvalue weighted by molar-refractivity contribution is 0.358. The summed E-state index contributed by atoms with van der Waals surface area (Å²) in [5.74, 6) is 1.47. The SMILES string of the molecule is COc1ccc([C@@H]2NCCC[C@H]2c2ccccc2)cc1.